The van der Waals surface area contributed by atoms with Gasteiger partial charge in [0.15, 0.2) is 0 Å². The number of aliphatic hydroxyl groups is 1. The average Bonchev–Trinajstić information content (AvgIpc) is 2.74. The number of benzene rings is 1. The highest BCUT2D eigenvalue weighted by Crippen LogP contribution is 2.27. The number of rotatable bonds is 1. The van der Waals surface area contributed by atoms with Crippen LogP contribution in [0.2, 0.25) is 0 Å². The monoisotopic (exact) mass is 260 g/mol. The van der Waals surface area contributed by atoms with Crippen LogP contribution in [-0.4, -0.2) is 36.2 Å². The number of aliphatic hydroxyl groups excluding tert-OH is 1. The summed E-state index contributed by atoms with van der Waals surface area (Å²) in [6.45, 7) is 1.30. The van der Waals surface area contributed by atoms with Crippen LogP contribution in [0.5, 0.6) is 0 Å². The Morgan fingerprint density at radius 1 is 1.32 bits per heavy atom. The van der Waals surface area contributed by atoms with E-state index in [-0.39, 0.29) is 11.9 Å². The number of aryl methyl sites for hydroxylation is 1. The first-order valence-corrected chi connectivity index (χ1v) is 7.06. The Kier molecular flexibility index (Phi) is 3.53. The van der Waals surface area contributed by atoms with Crippen molar-refractivity contribution >= 4 is 11.6 Å². The Balaban J connectivity index is 1.85. The van der Waals surface area contributed by atoms with Gasteiger partial charge in [-0.1, -0.05) is 18.2 Å². The van der Waals surface area contributed by atoms with Crippen molar-refractivity contribution in [1.29, 1.82) is 0 Å². The van der Waals surface area contributed by atoms with Gasteiger partial charge in [0.25, 0.3) is 0 Å². The van der Waals surface area contributed by atoms with E-state index in [1.165, 1.54) is 5.56 Å². The minimum Gasteiger partial charge on any atom is -0.392 e. The molecule has 0 bridgehead atoms. The van der Waals surface area contributed by atoms with Gasteiger partial charge in [-0.25, -0.2) is 0 Å². The van der Waals surface area contributed by atoms with Crippen LogP contribution in [0, 0.1) is 0 Å². The summed E-state index contributed by atoms with van der Waals surface area (Å²) in [6.07, 6.45) is 3.34. The van der Waals surface area contributed by atoms with Crippen LogP contribution in [0.1, 0.15) is 24.8 Å². The molecule has 0 aromatic heterocycles. The fraction of sp³-hybridized carbons (Fsp3) is 0.533. The van der Waals surface area contributed by atoms with Gasteiger partial charge in [-0.2, -0.15) is 0 Å². The second kappa shape index (κ2) is 5.31. The third-order valence-corrected chi connectivity index (χ3v) is 4.03. The molecule has 1 amide bonds. The van der Waals surface area contributed by atoms with E-state index < -0.39 is 6.10 Å². The van der Waals surface area contributed by atoms with Crippen molar-refractivity contribution in [1.82, 2.24) is 5.32 Å². The second-order valence-corrected chi connectivity index (χ2v) is 5.43. The van der Waals surface area contributed by atoms with Gasteiger partial charge in [-0.15, -0.1) is 0 Å². The maximum atomic E-state index is 12.6. The van der Waals surface area contributed by atoms with Crippen molar-refractivity contribution in [2.24, 2.45) is 0 Å². The lowest BCUT2D eigenvalue weighted by Crippen LogP contribution is -2.44. The summed E-state index contributed by atoms with van der Waals surface area (Å²) >= 11 is 0. The molecule has 1 saturated heterocycles. The molecule has 2 unspecified atom stereocenters. The minimum atomic E-state index is -0.392. The Morgan fingerprint density at radius 3 is 2.95 bits per heavy atom. The molecule has 4 nitrogen and oxygen atoms in total. The predicted octanol–water partition coefficient (Wildman–Crippen LogP) is 1.08. The van der Waals surface area contributed by atoms with Crippen molar-refractivity contribution in [3.63, 3.8) is 0 Å². The van der Waals surface area contributed by atoms with Crippen molar-refractivity contribution in [3.8, 4) is 0 Å². The Hall–Kier alpha value is -1.39. The van der Waals surface area contributed by atoms with E-state index in [1.807, 2.05) is 23.1 Å². The highest BCUT2D eigenvalue weighted by Gasteiger charge is 2.32. The number of nitrogens with one attached hydrogen (secondary N) is 1. The number of amides is 1. The maximum absolute atomic E-state index is 12.6. The standard InChI is InChI=1S/C15H20N2O2/c18-12-9-13(16-10-12)15(19)17-8-4-3-6-11-5-1-2-7-14(11)17/h1-2,5,7,12-13,16,18H,3-4,6,8-10H2. The van der Waals surface area contributed by atoms with Gasteiger partial charge in [-0.05, 0) is 37.3 Å². The zero-order chi connectivity index (χ0) is 13.2. The van der Waals surface area contributed by atoms with Crippen LogP contribution in [0.4, 0.5) is 5.69 Å². The van der Waals surface area contributed by atoms with E-state index in [1.54, 1.807) is 0 Å². The molecule has 19 heavy (non-hydrogen) atoms. The number of carbonyl (C=O) groups excluding carboxylic acids is 1. The fourth-order valence-electron chi connectivity index (χ4n) is 3.01. The van der Waals surface area contributed by atoms with Crippen LogP contribution >= 0.6 is 0 Å². The molecule has 102 valence electrons. The summed E-state index contributed by atoms with van der Waals surface area (Å²) in [5, 5.41) is 12.7. The van der Waals surface area contributed by atoms with Crippen LogP contribution in [0.15, 0.2) is 24.3 Å². The molecule has 0 saturated carbocycles. The fourth-order valence-corrected chi connectivity index (χ4v) is 3.01. The minimum absolute atomic E-state index is 0.103. The van der Waals surface area contributed by atoms with Crippen molar-refractivity contribution in [2.75, 3.05) is 18.0 Å². The van der Waals surface area contributed by atoms with Crippen LogP contribution in [-0.2, 0) is 11.2 Å². The lowest BCUT2D eigenvalue weighted by Gasteiger charge is -2.25. The van der Waals surface area contributed by atoms with Gasteiger partial charge in [0, 0.05) is 18.8 Å². The Morgan fingerprint density at radius 2 is 2.16 bits per heavy atom. The normalized spacial score (nSPS) is 26.9. The number of fused-ring (bicyclic) bond motifs is 1. The molecule has 0 radical (unpaired) electrons. The first-order chi connectivity index (χ1) is 9.25. The molecule has 2 aliphatic rings. The lowest BCUT2D eigenvalue weighted by molar-refractivity contribution is -0.120. The van der Waals surface area contributed by atoms with Crippen LogP contribution < -0.4 is 10.2 Å². The van der Waals surface area contributed by atoms with E-state index in [9.17, 15) is 9.90 Å². The van der Waals surface area contributed by atoms with E-state index in [2.05, 4.69) is 11.4 Å². The zero-order valence-corrected chi connectivity index (χ0v) is 11.0. The van der Waals surface area contributed by atoms with Gasteiger partial charge in [0.05, 0.1) is 12.1 Å². The summed E-state index contributed by atoms with van der Waals surface area (Å²) in [5.41, 5.74) is 2.31. The van der Waals surface area contributed by atoms with Crippen LogP contribution in [0.25, 0.3) is 0 Å². The number of hydrogen-bond donors (Lipinski definition) is 2. The number of para-hydroxylation sites is 1. The highest BCUT2D eigenvalue weighted by molar-refractivity contribution is 5.98. The summed E-state index contributed by atoms with van der Waals surface area (Å²) in [7, 11) is 0. The first-order valence-electron chi connectivity index (χ1n) is 7.06. The van der Waals surface area contributed by atoms with Crippen molar-refractivity contribution in [3.05, 3.63) is 29.8 Å². The van der Waals surface area contributed by atoms with Crippen LogP contribution in [0.3, 0.4) is 0 Å². The van der Waals surface area contributed by atoms with E-state index >= 15 is 0 Å². The molecule has 1 fully saturated rings. The third-order valence-electron chi connectivity index (χ3n) is 4.03. The number of carbonyl (C=O) groups is 1. The number of hydrogen-bond acceptors (Lipinski definition) is 3. The summed E-state index contributed by atoms with van der Waals surface area (Å²) in [5.74, 6) is 0.103. The highest BCUT2D eigenvalue weighted by atomic mass is 16.3. The molecule has 1 aromatic carbocycles. The summed E-state index contributed by atoms with van der Waals surface area (Å²) in [6, 6.07) is 7.93. The van der Waals surface area contributed by atoms with E-state index in [4.69, 9.17) is 0 Å². The van der Waals surface area contributed by atoms with Crippen molar-refractivity contribution in [2.45, 2.75) is 37.8 Å². The van der Waals surface area contributed by atoms with Gasteiger partial charge in [0.1, 0.15) is 0 Å². The molecule has 0 spiro atoms. The molecule has 2 heterocycles. The van der Waals surface area contributed by atoms with Gasteiger partial charge in [0.2, 0.25) is 5.91 Å². The molecule has 2 aliphatic heterocycles. The molecule has 1 aromatic rings. The molecular formula is C15H20N2O2. The SMILES string of the molecule is O=C(C1CC(O)CN1)N1CCCCc2ccccc21. The zero-order valence-electron chi connectivity index (χ0n) is 11.0. The summed E-state index contributed by atoms with van der Waals surface area (Å²) in [4.78, 5) is 14.5. The van der Waals surface area contributed by atoms with E-state index in [0.29, 0.717) is 13.0 Å². The van der Waals surface area contributed by atoms with Gasteiger partial charge in [-0.3, -0.25) is 4.79 Å². The number of β-amino-alcohol motifs (C(OH)–C–C–N with tert-alkyl or cyclic N) is 1. The smallest absolute Gasteiger partial charge is 0.244 e. The number of nitrogens with zero attached hydrogens (tertiary/aromatic N) is 1. The number of anilines is 1. The first kappa shape index (κ1) is 12.6. The third kappa shape index (κ3) is 2.51. The quantitative estimate of drug-likeness (QED) is 0.794. The summed E-state index contributed by atoms with van der Waals surface area (Å²) < 4.78 is 0. The van der Waals surface area contributed by atoms with Gasteiger partial charge >= 0.3 is 0 Å². The molecule has 4 heteroatoms. The molecule has 3 rings (SSSR count). The molecular weight excluding hydrogens is 240 g/mol. The van der Waals surface area contributed by atoms with Gasteiger partial charge < -0.3 is 15.3 Å². The topological polar surface area (TPSA) is 52.6 Å². The molecule has 0 aliphatic carbocycles. The largest absolute Gasteiger partial charge is 0.392 e. The maximum Gasteiger partial charge on any atom is 0.244 e. The average molecular weight is 260 g/mol. The lowest BCUT2D eigenvalue weighted by atomic mass is 10.1. The van der Waals surface area contributed by atoms with Crippen molar-refractivity contribution < 1.29 is 9.90 Å². The second-order valence-electron chi connectivity index (χ2n) is 5.43. The predicted molar refractivity (Wildman–Crippen MR) is 74.1 cm³/mol. The van der Waals surface area contributed by atoms with E-state index in [0.717, 1.165) is 31.5 Å². The molecule has 2 atom stereocenters. The Labute approximate surface area is 113 Å². The Bertz CT molecular complexity index is 475. The molecule has 2 N–H and O–H groups in total.